The molecule has 0 fully saturated rings. The Morgan fingerprint density at radius 2 is 1.33 bits per heavy atom. The molecule has 0 radical (unpaired) electrons. The smallest absolute Gasteiger partial charge is 0.672 e. The van der Waals surface area contributed by atoms with Crippen LogP contribution in [0.25, 0.3) is 0 Å². The van der Waals surface area contributed by atoms with Crippen molar-refractivity contribution in [2.24, 2.45) is 0 Å². The second-order valence-corrected chi connectivity index (χ2v) is 0.750. The van der Waals surface area contributed by atoms with Crippen molar-refractivity contribution in [2.45, 2.75) is 0 Å². The Morgan fingerprint density at radius 1 is 1.33 bits per heavy atom. The van der Waals surface area contributed by atoms with Crippen LogP contribution in [0.2, 0.25) is 0 Å². The minimum atomic E-state index is -3.63. The Balaban J connectivity index is -0.0000000450. The van der Waals surface area contributed by atoms with Crippen LogP contribution in [0.3, 0.4) is 0 Å². The van der Waals surface area contributed by atoms with Crippen LogP contribution >= 0.6 is 0 Å². The summed E-state index contributed by atoms with van der Waals surface area (Å²) in [5, 5.41) is 0. The number of hydrogen-bond acceptors (Lipinski definition) is 3. The Labute approximate surface area is 63.3 Å². The Bertz CT molecular complexity index is 33.8. The van der Waals surface area contributed by atoms with Gasteiger partial charge in [-0.15, -0.1) is 0 Å². The van der Waals surface area contributed by atoms with Crippen molar-refractivity contribution < 1.29 is 31.1 Å². The van der Waals surface area contributed by atoms with E-state index in [9.17, 15) is 0 Å². The van der Waals surface area contributed by atoms with E-state index in [1.54, 1.807) is 0 Å². The molecule has 0 N–H and O–H groups in total. The third-order valence-corrected chi connectivity index (χ3v) is 0. The van der Waals surface area contributed by atoms with Crippen molar-refractivity contribution in [1.29, 1.82) is 0 Å². The average molecular weight is 156 g/mol. The van der Waals surface area contributed by atoms with E-state index in [1.165, 1.54) is 0 Å². The monoisotopic (exact) mass is 156 g/mol. The van der Waals surface area contributed by atoms with Crippen LogP contribution in [0.1, 0.15) is 0 Å². The third kappa shape index (κ3) is 91.7. The molecule has 0 aromatic heterocycles. The number of rotatable bonds is 0. The van der Waals surface area contributed by atoms with E-state index in [-0.39, 0.29) is 40.1 Å². The molecule has 0 atom stereocenters. The molecular formula is FeMgO3Si. The van der Waals surface area contributed by atoms with Crippen molar-refractivity contribution in [3.63, 3.8) is 0 Å². The summed E-state index contributed by atoms with van der Waals surface area (Å²) in [6.45, 7) is 0. The molecule has 0 aliphatic carbocycles. The summed E-state index contributed by atoms with van der Waals surface area (Å²) in [7, 11) is -3.63. The van der Waals surface area contributed by atoms with Gasteiger partial charge in [-0.25, -0.2) is 0 Å². The van der Waals surface area contributed by atoms with Gasteiger partial charge in [-0.1, -0.05) is 0 Å². The van der Waals surface area contributed by atoms with Gasteiger partial charge in [-0.2, -0.15) is 0 Å². The van der Waals surface area contributed by atoms with Crippen molar-refractivity contribution in [1.82, 2.24) is 0 Å². The molecule has 0 rings (SSSR count). The summed E-state index contributed by atoms with van der Waals surface area (Å²) in [4.78, 5) is 17.0. The molecule has 0 amide bonds. The fourth-order valence-electron chi connectivity index (χ4n) is 0. The van der Waals surface area contributed by atoms with Gasteiger partial charge < -0.3 is 14.1 Å². The van der Waals surface area contributed by atoms with Gasteiger partial charge in [0.25, 0.3) is 0 Å². The third-order valence-electron chi connectivity index (χ3n) is 0. The summed E-state index contributed by atoms with van der Waals surface area (Å²) in [6.07, 6.45) is 0. The molecule has 0 saturated heterocycles. The van der Waals surface area contributed by atoms with Crippen LogP contribution in [0, 0.1) is 0 Å². The summed E-state index contributed by atoms with van der Waals surface area (Å²) < 4.78 is 8.52. The van der Waals surface area contributed by atoms with Gasteiger partial charge in [0.15, 0.2) is 0 Å². The predicted octanol–water partition coefficient (Wildman–Crippen LogP) is -3.26. The van der Waals surface area contributed by atoms with Crippen molar-refractivity contribution >= 4 is 32.2 Å². The van der Waals surface area contributed by atoms with E-state index in [0.29, 0.717) is 0 Å². The van der Waals surface area contributed by atoms with Gasteiger partial charge in [0.2, 0.25) is 0 Å². The number of hydrogen-bond donors (Lipinski definition) is 0. The zero-order chi connectivity index (χ0) is 3.58. The summed E-state index contributed by atoms with van der Waals surface area (Å²) in [5.74, 6) is 0. The first kappa shape index (κ1) is 15.8. The van der Waals surface area contributed by atoms with E-state index < -0.39 is 9.17 Å². The quantitative estimate of drug-likeness (QED) is 0.346. The first-order chi connectivity index (χ1) is 1.73. The maximum atomic E-state index is 8.52. The predicted molar refractivity (Wildman–Crippen MR) is 12.2 cm³/mol. The maximum Gasteiger partial charge on any atom is 2.00 e. The van der Waals surface area contributed by atoms with Gasteiger partial charge in [0.05, 0.1) is 0 Å². The van der Waals surface area contributed by atoms with Crippen molar-refractivity contribution in [3.8, 4) is 0 Å². The molecule has 0 aromatic rings. The van der Waals surface area contributed by atoms with Crippen LogP contribution in [0.15, 0.2) is 0 Å². The molecule has 0 unspecified atom stereocenters. The fourth-order valence-corrected chi connectivity index (χ4v) is 0. The first-order valence-electron chi connectivity index (χ1n) is 0.612. The molecule has 0 saturated carbocycles. The molecule has 6 heteroatoms. The van der Waals surface area contributed by atoms with Crippen LogP contribution < -0.4 is 9.59 Å². The van der Waals surface area contributed by atoms with E-state index in [1.807, 2.05) is 0 Å². The molecule has 0 spiro atoms. The largest absolute Gasteiger partial charge is 2.00 e. The van der Waals surface area contributed by atoms with E-state index >= 15 is 0 Å². The second kappa shape index (κ2) is 9.32. The normalized spacial score (nSPS) is 4.00. The zero-order valence-electron chi connectivity index (χ0n) is 2.79. The molecule has 0 aliphatic rings. The SMILES string of the molecule is O=[Si]([O-])[O-].[Fe].[Mg+2]. The molecule has 3 nitrogen and oxygen atoms in total. The first-order valence-corrected chi connectivity index (χ1v) is 1.84. The molecule has 0 aromatic carbocycles. The second-order valence-electron chi connectivity index (χ2n) is 0.250. The van der Waals surface area contributed by atoms with Crippen LogP contribution in [0.5, 0.6) is 0 Å². The topological polar surface area (TPSA) is 63.2 Å². The zero-order valence-corrected chi connectivity index (χ0v) is 6.30. The van der Waals surface area contributed by atoms with E-state index in [2.05, 4.69) is 0 Å². The Kier molecular flexibility index (Phi) is 24.5. The molecule has 32 valence electrons. The Morgan fingerprint density at radius 3 is 1.33 bits per heavy atom. The van der Waals surface area contributed by atoms with E-state index in [0.717, 1.165) is 0 Å². The van der Waals surface area contributed by atoms with Gasteiger partial charge in [-0.05, 0) is 0 Å². The van der Waals surface area contributed by atoms with E-state index in [4.69, 9.17) is 14.1 Å². The minimum Gasteiger partial charge on any atom is -0.672 e. The van der Waals surface area contributed by atoms with Gasteiger partial charge in [0, 0.05) is 26.2 Å². The summed E-state index contributed by atoms with van der Waals surface area (Å²) in [6, 6.07) is 0. The average Bonchev–Trinajstić information content (AvgIpc) is 0.811. The van der Waals surface area contributed by atoms with Crippen LogP contribution in [-0.4, -0.2) is 32.2 Å². The van der Waals surface area contributed by atoms with Crippen molar-refractivity contribution in [2.75, 3.05) is 0 Å². The molecule has 0 bridgehead atoms. The Hall–Kier alpha value is 0.903. The standard InChI is InChI=1S/Fe.Mg.O3Si/c;;1-4(2)3/q;+2;-2. The van der Waals surface area contributed by atoms with Gasteiger partial charge in [-0.3, -0.25) is 0 Å². The molecular weight excluding hydrogens is 156 g/mol. The molecule has 0 aliphatic heterocycles. The van der Waals surface area contributed by atoms with Gasteiger partial charge in [0.1, 0.15) is 0 Å². The summed E-state index contributed by atoms with van der Waals surface area (Å²) >= 11 is 0. The molecule has 6 heavy (non-hydrogen) atoms. The van der Waals surface area contributed by atoms with Gasteiger partial charge >= 0.3 is 23.1 Å². The van der Waals surface area contributed by atoms with Crippen LogP contribution in [0.4, 0.5) is 0 Å². The molecule has 0 heterocycles. The van der Waals surface area contributed by atoms with Crippen LogP contribution in [-0.2, 0) is 21.5 Å². The minimum absolute atomic E-state index is 0. The maximum absolute atomic E-state index is 8.52. The summed E-state index contributed by atoms with van der Waals surface area (Å²) in [5.41, 5.74) is 0. The fraction of sp³-hybridized carbons (Fsp3) is 0. The van der Waals surface area contributed by atoms with Crippen molar-refractivity contribution in [3.05, 3.63) is 0 Å².